The minimum Gasteiger partial charge on any atom is -0.355 e. The lowest BCUT2D eigenvalue weighted by molar-refractivity contribution is -0.120. The van der Waals surface area contributed by atoms with Crippen LogP contribution in [0.5, 0.6) is 0 Å². The van der Waals surface area contributed by atoms with Gasteiger partial charge < -0.3 is 5.32 Å². The predicted molar refractivity (Wildman–Crippen MR) is 87.6 cm³/mol. The Morgan fingerprint density at radius 2 is 2.27 bits per heavy atom. The predicted octanol–water partition coefficient (Wildman–Crippen LogP) is 2.99. The summed E-state index contributed by atoms with van der Waals surface area (Å²) < 4.78 is 1.87. The molecule has 1 aliphatic heterocycles. The van der Waals surface area contributed by atoms with Gasteiger partial charge in [0, 0.05) is 11.6 Å². The Morgan fingerprint density at radius 3 is 3.09 bits per heavy atom. The smallest absolute Gasteiger partial charge is 0.233 e. The van der Waals surface area contributed by atoms with E-state index in [1.807, 2.05) is 29.7 Å². The van der Waals surface area contributed by atoms with E-state index in [1.165, 1.54) is 11.8 Å². The minimum absolute atomic E-state index is 0.0824. The zero-order valence-corrected chi connectivity index (χ0v) is 13.8. The standard InChI is InChI=1S/C15H17ClN4OS/c1-10-5-6-11(8-12(10)16)20-9-18-19-15(20)22-13-4-2-3-7-17-14(13)21/h5-6,8-9,13H,2-4,7H2,1H3,(H,17,21)/t13-/m1/s1. The Labute approximate surface area is 138 Å². The van der Waals surface area contributed by atoms with Crippen LogP contribution < -0.4 is 5.32 Å². The molecule has 7 heteroatoms. The minimum atomic E-state index is -0.119. The van der Waals surface area contributed by atoms with Crippen molar-refractivity contribution in [2.75, 3.05) is 6.54 Å². The molecule has 22 heavy (non-hydrogen) atoms. The van der Waals surface area contributed by atoms with Crippen LogP contribution in [0.1, 0.15) is 24.8 Å². The van der Waals surface area contributed by atoms with Crippen molar-refractivity contribution in [1.29, 1.82) is 0 Å². The van der Waals surface area contributed by atoms with E-state index in [0.717, 1.165) is 37.1 Å². The molecule has 1 fully saturated rings. The van der Waals surface area contributed by atoms with Gasteiger partial charge in [-0.1, -0.05) is 35.9 Å². The number of hydrogen-bond acceptors (Lipinski definition) is 4. The molecule has 5 nitrogen and oxygen atoms in total. The van der Waals surface area contributed by atoms with Crippen LogP contribution in [0.2, 0.25) is 5.02 Å². The molecule has 0 spiro atoms. The van der Waals surface area contributed by atoms with Crippen LogP contribution in [-0.2, 0) is 4.79 Å². The highest BCUT2D eigenvalue weighted by molar-refractivity contribution is 8.00. The van der Waals surface area contributed by atoms with Crippen LogP contribution in [0.15, 0.2) is 29.7 Å². The maximum Gasteiger partial charge on any atom is 0.233 e. The first-order chi connectivity index (χ1) is 10.6. The van der Waals surface area contributed by atoms with Gasteiger partial charge in [-0.3, -0.25) is 9.36 Å². The van der Waals surface area contributed by atoms with E-state index in [-0.39, 0.29) is 11.2 Å². The van der Waals surface area contributed by atoms with Crippen molar-refractivity contribution in [2.24, 2.45) is 0 Å². The zero-order chi connectivity index (χ0) is 15.5. The summed E-state index contributed by atoms with van der Waals surface area (Å²) in [6, 6.07) is 5.82. The number of benzene rings is 1. The fourth-order valence-corrected chi connectivity index (χ4v) is 3.63. The highest BCUT2D eigenvalue weighted by atomic mass is 35.5. The molecule has 0 saturated carbocycles. The average molecular weight is 337 g/mol. The van der Waals surface area contributed by atoms with Crippen LogP contribution in [-0.4, -0.2) is 32.5 Å². The molecule has 1 aliphatic rings. The Kier molecular flexibility index (Phi) is 4.69. The summed E-state index contributed by atoms with van der Waals surface area (Å²) in [4.78, 5) is 12.1. The summed E-state index contributed by atoms with van der Waals surface area (Å²) in [5, 5.41) is 12.4. The molecule has 3 rings (SSSR count). The van der Waals surface area contributed by atoms with Gasteiger partial charge in [-0.25, -0.2) is 0 Å². The maximum atomic E-state index is 12.1. The number of thioether (sulfide) groups is 1. The number of carbonyl (C=O) groups is 1. The molecule has 1 amide bonds. The summed E-state index contributed by atoms with van der Waals surface area (Å²) >= 11 is 7.65. The molecular formula is C15H17ClN4OS. The molecule has 2 heterocycles. The second kappa shape index (κ2) is 6.71. The van der Waals surface area contributed by atoms with E-state index in [1.54, 1.807) is 6.33 Å². The molecule has 0 aliphatic carbocycles. The second-order valence-corrected chi connectivity index (χ2v) is 6.89. The lowest BCUT2D eigenvalue weighted by atomic mass is 10.2. The van der Waals surface area contributed by atoms with E-state index in [2.05, 4.69) is 15.5 Å². The molecule has 1 aromatic heterocycles. The first kappa shape index (κ1) is 15.4. The van der Waals surface area contributed by atoms with Crippen molar-refractivity contribution in [1.82, 2.24) is 20.1 Å². The van der Waals surface area contributed by atoms with Crippen molar-refractivity contribution >= 4 is 29.3 Å². The molecule has 1 aromatic carbocycles. The van der Waals surface area contributed by atoms with Crippen LogP contribution in [0.3, 0.4) is 0 Å². The van der Waals surface area contributed by atoms with Gasteiger partial charge in [0.05, 0.1) is 10.9 Å². The summed E-state index contributed by atoms with van der Waals surface area (Å²) in [5.41, 5.74) is 1.92. The van der Waals surface area contributed by atoms with Gasteiger partial charge in [0.1, 0.15) is 6.33 Å². The van der Waals surface area contributed by atoms with Crippen molar-refractivity contribution in [2.45, 2.75) is 36.6 Å². The summed E-state index contributed by atoms with van der Waals surface area (Å²) in [5.74, 6) is 0.0824. The first-order valence-corrected chi connectivity index (χ1v) is 8.52. The summed E-state index contributed by atoms with van der Waals surface area (Å²) in [6.45, 7) is 2.72. The van der Waals surface area contributed by atoms with Crippen molar-refractivity contribution < 1.29 is 4.79 Å². The largest absolute Gasteiger partial charge is 0.355 e. The van der Waals surface area contributed by atoms with Gasteiger partial charge in [-0.05, 0) is 37.5 Å². The van der Waals surface area contributed by atoms with E-state index in [0.29, 0.717) is 10.2 Å². The molecule has 0 bridgehead atoms. The Balaban J connectivity index is 1.85. The number of nitrogens with one attached hydrogen (secondary N) is 1. The number of aromatic nitrogens is 3. The molecule has 1 atom stereocenters. The fourth-order valence-electron chi connectivity index (χ4n) is 2.36. The van der Waals surface area contributed by atoms with Gasteiger partial charge >= 0.3 is 0 Å². The van der Waals surface area contributed by atoms with Gasteiger partial charge in [-0.2, -0.15) is 0 Å². The van der Waals surface area contributed by atoms with Gasteiger partial charge in [0.2, 0.25) is 5.91 Å². The quantitative estimate of drug-likeness (QED) is 0.936. The third-order valence-electron chi connectivity index (χ3n) is 3.68. The van der Waals surface area contributed by atoms with Crippen molar-refractivity contribution in [3.8, 4) is 5.69 Å². The number of rotatable bonds is 3. The number of nitrogens with zero attached hydrogens (tertiary/aromatic N) is 3. The number of aryl methyl sites for hydroxylation is 1. The second-order valence-electron chi connectivity index (χ2n) is 5.31. The van der Waals surface area contributed by atoms with Crippen LogP contribution in [0.25, 0.3) is 5.69 Å². The van der Waals surface area contributed by atoms with E-state index in [9.17, 15) is 4.79 Å². The maximum absolute atomic E-state index is 12.1. The normalized spacial score (nSPS) is 18.8. The van der Waals surface area contributed by atoms with E-state index >= 15 is 0 Å². The lowest BCUT2D eigenvalue weighted by Crippen LogP contribution is -2.30. The third kappa shape index (κ3) is 3.28. The monoisotopic (exact) mass is 336 g/mol. The van der Waals surface area contributed by atoms with Crippen LogP contribution in [0.4, 0.5) is 0 Å². The molecule has 116 valence electrons. The number of carbonyl (C=O) groups excluding carboxylic acids is 1. The Hall–Kier alpha value is -1.53. The number of halogens is 1. The van der Waals surface area contributed by atoms with Crippen molar-refractivity contribution in [3.63, 3.8) is 0 Å². The SMILES string of the molecule is Cc1ccc(-n2cnnc2S[C@@H]2CCCCNC2=O)cc1Cl. The zero-order valence-electron chi connectivity index (χ0n) is 12.3. The highest BCUT2D eigenvalue weighted by Gasteiger charge is 2.24. The Bertz CT molecular complexity index is 688. The van der Waals surface area contributed by atoms with Crippen molar-refractivity contribution in [3.05, 3.63) is 35.1 Å². The van der Waals surface area contributed by atoms with Crippen LogP contribution in [0, 0.1) is 6.92 Å². The third-order valence-corrected chi connectivity index (χ3v) is 5.31. The van der Waals surface area contributed by atoms with Gasteiger partial charge in [0.25, 0.3) is 0 Å². The van der Waals surface area contributed by atoms with E-state index in [4.69, 9.17) is 11.6 Å². The molecule has 1 N–H and O–H groups in total. The summed E-state index contributed by atoms with van der Waals surface area (Å²) in [7, 11) is 0. The molecule has 1 saturated heterocycles. The molecule has 2 aromatic rings. The number of hydrogen-bond donors (Lipinski definition) is 1. The average Bonchev–Trinajstić information content (AvgIpc) is 2.87. The fraction of sp³-hybridized carbons (Fsp3) is 0.400. The first-order valence-electron chi connectivity index (χ1n) is 7.26. The number of amides is 1. The molecule has 0 unspecified atom stereocenters. The lowest BCUT2D eigenvalue weighted by Gasteiger charge is -2.13. The summed E-state index contributed by atoms with van der Waals surface area (Å²) in [6.07, 6.45) is 4.58. The topological polar surface area (TPSA) is 59.8 Å². The molecule has 0 radical (unpaired) electrons. The highest BCUT2D eigenvalue weighted by Crippen LogP contribution is 2.29. The van der Waals surface area contributed by atoms with Gasteiger partial charge in [0.15, 0.2) is 5.16 Å². The molecular weight excluding hydrogens is 320 g/mol. The Morgan fingerprint density at radius 1 is 1.41 bits per heavy atom. The van der Waals surface area contributed by atoms with Gasteiger partial charge in [-0.15, -0.1) is 10.2 Å². The van der Waals surface area contributed by atoms with E-state index < -0.39 is 0 Å². The van der Waals surface area contributed by atoms with Crippen LogP contribution >= 0.6 is 23.4 Å².